The molecule has 1 amide bonds. The third-order valence-electron chi connectivity index (χ3n) is 3.91. The van der Waals surface area contributed by atoms with E-state index in [2.05, 4.69) is 15.5 Å². The van der Waals surface area contributed by atoms with E-state index < -0.39 is 21.8 Å². The van der Waals surface area contributed by atoms with E-state index in [1.807, 2.05) is 0 Å². The summed E-state index contributed by atoms with van der Waals surface area (Å²) >= 11 is 6.90. The van der Waals surface area contributed by atoms with E-state index in [4.69, 9.17) is 21.5 Å². The number of aliphatic hydroxyl groups excluding tert-OH is 1. The number of sulfone groups is 1. The molecule has 11 heteroatoms. The Hall–Kier alpha value is -2.01. The first-order chi connectivity index (χ1) is 13.3. The van der Waals surface area contributed by atoms with E-state index in [1.54, 1.807) is 6.92 Å². The summed E-state index contributed by atoms with van der Waals surface area (Å²) in [5.74, 6) is -0.603. The van der Waals surface area contributed by atoms with Gasteiger partial charge >= 0.3 is 0 Å². The van der Waals surface area contributed by atoms with Gasteiger partial charge in [-0.05, 0) is 31.9 Å². The van der Waals surface area contributed by atoms with Crippen molar-refractivity contribution in [3.05, 3.63) is 40.4 Å². The number of aromatic nitrogens is 1. The minimum Gasteiger partial charge on any atom is -0.392 e. The molecule has 0 radical (unpaired) electrons. The fourth-order valence-corrected chi connectivity index (χ4v) is 4.71. The van der Waals surface area contributed by atoms with Gasteiger partial charge in [0.05, 0.1) is 22.9 Å². The molecule has 28 heavy (non-hydrogen) atoms. The monoisotopic (exact) mass is 443 g/mol. The van der Waals surface area contributed by atoms with Gasteiger partial charge in [0, 0.05) is 5.56 Å². The molecule has 0 bridgehead atoms. The molecule has 0 spiro atoms. The van der Waals surface area contributed by atoms with Gasteiger partial charge in [0.15, 0.2) is 20.7 Å². The fraction of sp³-hybridized carbons (Fsp3) is 0.353. The lowest BCUT2D eigenvalue weighted by atomic mass is 10.1. The zero-order chi connectivity index (χ0) is 20.3. The Morgan fingerprint density at radius 1 is 1.43 bits per heavy atom. The lowest BCUT2D eigenvalue weighted by Gasteiger charge is -2.10. The molecule has 1 atom stereocenters. The predicted molar refractivity (Wildman–Crippen MR) is 107 cm³/mol. The maximum atomic E-state index is 12.6. The Labute approximate surface area is 171 Å². The van der Waals surface area contributed by atoms with Crippen molar-refractivity contribution >= 4 is 49.5 Å². The van der Waals surface area contributed by atoms with E-state index in [-0.39, 0.29) is 27.6 Å². The Bertz CT molecular complexity index is 984. The summed E-state index contributed by atoms with van der Waals surface area (Å²) < 4.78 is 25.1. The molecular formula is C17H18ClN3O5S2. The van der Waals surface area contributed by atoms with Crippen LogP contribution in [-0.4, -0.2) is 48.1 Å². The smallest absolute Gasteiger partial charge is 0.280 e. The molecule has 0 unspecified atom stereocenters. The van der Waals surface area contributed by atoms with Crippen molar-refractivity contribution in [1.29, 1.82) is 0 Å². The number of hydrogen-bond donors (Lipinski definition) is 2. The van der Waals surface area contributed by atoms with Gasteiger partial charge in [-0.25, -0.2) is 13.4 Å². The van der Waals surface area contributed by atoms with Gasteiger partial charge in [0.25, 0.3) is 5.91 Å². The van der Waals surface area contributed by atoms with E-state index in [0.29, 0.717) is 22.7 Å². The van der Waals surface area contributed by atoms with Gasteiger partial charge in [-0.3, -0.25) is 10.1 Å². The van der Waals surface area contributed by atoms with Crippen LogP contribution in [0.25, 0.3) is 0 Å². The van der Waals surface area contributed by atoms with Gasteiger partial charge in [-0.1, -0.05) is 40.2 Å². The minimum atomic E-state index is -3.33. The van der Waals surface area contributed by atoms with Gasteiger partial charge in [0.1, 0.15) is 10.4 Å². The van der Waals surface area contributed by atoms with Crippen LogP contribution in [0.3, 0.4) is 0 Å². The summed E-state index contributed by atoms with van der Waals surface area (Å²) in [5.41, 5.74) is 0.280. The molecule has 1 aromatic heterocycles. The van der Waals surface area contributed by atoms with Crippen LogP contribution in [0.4, 0.5) is 5.13 Å². The molecule has 1 aliphatic carbocycles. The van der Waals surface area contributed by atoms with Gasteiger partial charge in [-0.2, -0.15) is 0 Å². The molecule has 3 rings (SSSR count). The van der Waals surface area contributed by atoms with E-state index in [0.717, 1.165) is 11.3 Å². The quantitative estimate of drug-likeness (QED) is 0.478. The number of nitrogens with one attached hydrogen (secondary N) is 1. The molecule has 8 nitrogen and oxygen atoms in total. The highest BCUT2D eigenvalue weighted by atomic mass is 35.5. The molecule has 0 aliphatic heterocycles. The number of nitrogens with zero attached hydrogens (tertiary/aromatic N) is 2. The van der Waals surface area contributed by atoms with Crippen LogP contribution < -0.4 is 5.32 Å². The molecule has 1 fully saturated rings. The first-order valence-electron chi connectivity index (χ1n) is 8.43. The zero-order valence-corrected chi connectivity index (χ0v) is 17.2. The van der Waals surface area contributed by atoms with Gasteiger partial charge in [-0.15, -0.1) is 0 Å². The minimum absolute atomic E-state index is 0.0815. The second-order valence-electron chi connectivity index (χ2n) is 6.23. The molecular weight excluding hydrogens is 426 g/mol. The van der Waals surface area contributed by atoms with Crippen LogP contribution in [0, 0.1) is 0 Å². The van der Waals surface area contributed by atoms with Crippen LogP contribution in [0.2, 0.25) is 4.34 Å². The number of halogens is 1. The van der Waals surface area contributed by atoms with Crippen molar-refractivity contribution < 1.29 is 23.2 Å². The van der Waals surface area contributed by atoms with Crippen molar-refractivity contribution in [2.75, 3.05) is 11.9 Å². The second kappa shape index (κ2) is 8.56. The van der Waals surface area contributed by atoms with Crippen molar-refractivity contribution in [3.63, 3.8) is 0 Å². The summed E-state index contributed by atoms with van der Waals surface area (Å²) in [6, 6.07) is 5.88. The van der Waals surface area contributed by atoms with Crippen LogP contribution in [-0.2, 0) is 19.5 Å². The number of hydrogen-bond acceptors (Lipinski definition) is 8. The summed E-state index contributed by atoms with van der Waals surface area (Å²) in [5, 5.41) is 15.5. The normalized spacial score (nSPS) is 15.9. The Balaban J connectivity index is 1.86. The van der Waals surface area contributed by atoms with Crippen LogP contribution in [0.1, 0.15) is 25.3 Å². The second-order valence-corrected chi connectivity index (χ2v) is 10.1. The van der Waals surface area contributed by atoms with E-state index in [1.165, 1.54) is 30.5 Å². The number of amides is 1. The number of carbonyl (C=O) groups is 1. The van der Waals surface area contributed by atoms with Gasteiger partial charge in [0.2, 0.25) is 0 Å². The largest absolute Gasteiger partial charge is 0.392 e. The molecule has 1 saturated carbocycles. The summed E-state index contributed by atoms with van der Waals surface area (Å²) in [6.45, 7) is 1.31. The van der Waals surface area contributed by atoms with Crippen LogP contribution in [0.5, 0.6) is 0 Å². The number of rotatable bonds is 8. The highest BCUT2D eigenvalue weighted by molar-refractivity contribution is 7.92. The first kappa shape index (κ1) is 20.7. The third-order valence-corrected chi connectivity index (χ3v) is 7.22. The number of aliphatic hydroxyl groups is 1. The van der Waals surface area contributed by atoms with Crippen LogP contribution in [0.15, 0.2) is 40.5 Å². The van der Waals surface area contributed by atoms with E-state index >= 15 is 0 Å². The van der Waals surface area contributed by atoms with Crippen LogP contribution >= 0.6 is 22.9 Å². The third kappa shape index (κ3) is 4.88. The van der Waals surface area contributed by atoms with Crippen molar-refractivity contribution in [1.82, 2.24) is 4.98 Å². The Kier molecular flexibility index (Phi) is 6.33. The number of oxime groups is 1. The maximum Gasteiger partial charge on any atom is 0.280 e. The zero-order valence-electron chi connectivity index (χ0n) is 14.8. The number of carbonyl (C=O) groups excluding carboxylic acids is 1. The average molecular weight is 444 g/mol. The summed E-state index contributed by atoms with van der Waals surface area (Å²) in [4.78, 5) is 21.9. The maximum absolute atomic E-state index is 12.6. The number of thiazole rings is 1. The lowest BCUT2D eigenvalue weighted by molar-refractivity contribution is -0.110. The molecule has 150 valence electrons. The van der Waals surface area contributed by atoms with E-state index in [9.17, 15) is 13.2 Å². The molecule has 2 N–H and O–H groups in total. The molecule has 1 heterocycles. The predicted octanol–water partition coefficient (Wildman–Crippen LogP) is 2.47. The molecule has 2 aromatic rings. The highest BCUT2D eigenvalue weighted by Crippen LogP contribution is 2.33. The fourth-order valence-electron chi connectivity index (χ4n) is 2.24. The lowest BCUT2D eigenvalue weighted by Crippen LogP contribution is -2.25. The van der Waals surface area contributed by atoms with Gasteiger partial charge < -0.3 is 9.94 Å². The van der Waals surface area contributed by atoms with Crippen molar-refractivity contribution in [3.8, 4) is 0 Å². The standard InChI is InChI=1S/C17H18ClN3O5S2/c1-10(9-22)26-21-15(16(23)20-17-19-8-14(18)27-17)11-2-4-12(5-3-11)28(24,25)13-6-7-13/h2-5,8,10,13,22H,6-7,9H2,1H3,(H,19,20,23)/b21-15+/t10-/m0/s1. The van der Waals surface area contributed by atoms with Crippen molar-refractivity contribution in [2.45, 2.75) is 36.0 Å². The molecule has 1 aliphatic rings. The number of benzene rings is 1. The van der Waals surface area contributed by atoms with Crippen molar-refractivity contribution in [2.24, 2.45) is 5.16 Å². The summed E-state index contributed by atoms with van der Waals surface area (Å²) in [7, 11) is -3.33. The highest BCUT2D eigenvalue weighted by Gasteiger charge is 2.36. The molecule has 1 aromatic carbocycles. The average Bonchev–Trinajstić information content (AvgIpc) is 3.46. The topological polar surface area (TPSA) is 118 Å². The Morgan fingerprint density at radius 2 is 2.11 bits per heavy atom. The SMILES string of the molecule is C[C@@H](CO)O/N=C(/C(=O)Nc1ncc(Cl)s1)c1ccc(S(=O)(=O)C2CC2)cc1. The first-order valence-corrected chi connectivity index (χ1v) is 11.2. The molecule has 0 saturated heterocycles. The summed E-state index contributed by atoms with van der Waals surface area (Å²) in [6.07, 6.45) is 2.12. The number of anilines is 1. The Morgan fingerprint density at radius 3 is 2.64 bits per heavy atom.